The number of alkyl carbamates (subject to hydrolysis) is 1. The summed E-state index contributed by atoms with van der Waals surface area (Å²) in [5.74, 6) is 0.0413. The van der Waals surface area contributed by atoms with Crippen molar-refractivity contribution in [3.63, 3.8) is 0 Å². The summed E-state index contributed by atoms with van der Waals surface area (Å²) in [6.45, 7) is 13.7. The molecule has 0 aliphatic heterocycles. The van der Waals surface area contributed by atoms with Gasteiger partial charge in [0.15, 0.2) is 5.78 Å². The van der Waals surface area contributed by atoms with Crippen molar-refractivity contribution in [3.8, 4) is 5.75 Å². The molecule has 0 heterocycles. The van der Waals surface area contributed by atoms with E-state index in [4.69, 9.17) is 27.8 Å². The smallest absolute Gasteiger partial charge is 0.475 e. The predicted molar refractivity (Wildman–Crippen MR) is 207 cm³/mol. The van der Waals surface area contributed by atoms with Gasteiger partial charge in [0.1, 0.15) is 24.0 Å². The second-order valence-electron chi connectivity index (χ2n) is 15.3. The van der Waals surface area contributed by atoms with Gasteiger partial charge < -0.3 is 19.5 Å². The number of unbranched alkanes of at least 4 members (excludes halogenated alkanes) is 8. The van der Waals surface area contributed by atoms with E-state index >= 15 is 0 Å². The molecule has 53 heavy (non-hydrogen) atoms. The van der Waals surface area contributed by atoms with Gasteiger partial charge in [-0.05, 0) is 84.1 Å². The first-order chi connectivity index (χ1) is 25.0. The summed E-state index contributed by atoms with van der Waals surface area (Å²) in [6, 6.07) is 13.8. The molecule has 2 aromatic carbocycles. The molecule has 11 nitrogen and oxygen atoms in total. The van der Waals surface area contributed by atoms with Gasteiger partial charge in [0.25, 0.3) is 0 Å². The number of esters is 1. The fraction of sp³-hybridized carbons (Fsp3) is 0.634. The molecule has 0 spiro atoms. The third-order valence-electron chi connectivity index (χ3n) is 7.82. The first-order valence-electron chi connectivity index (χ1n) is 19.0. The van der Waals surface area contributed by atoms with Crippen LogP contribution in [0.1, 0.15) is 136 Å². The van der Waals surface area contributed by atoms with Gasteiger partial charge >= 0.3 is 19.9 Å². The molecular formula is C41H64NO10P. The summed E-state index contributed by atoms with van der Waals surface area (Å²) < 4.78 is 47.5. The minimum absolute atomic E-state index is 0.0483. The highest BCUT2D eigenvalue weighted by Gasteiger charge is 2.35. The highest BCUT2D eigenvalue weighted by molar-refractivity contribution is 7.48. The maximum absolute atomic E-state index is 13.7. The second kappa shape index (κ2) is 23.5. The fourth-order valence-electron chi connectivity index (χ4n) is 5.18. The van der Waals surface area contributed by atoms with Crippen molar-refractivity contribution in [1.82, 2.24) is 5.32 Å². The molecule has 1 amide bonds. The molecule has 0 radical (unpaired) electrons. The molecule has 1 N–H and O–H groups in total. The van der Waals surface area contributed by atoms with Gasteiger partial charge in [-0.1, -0.05) is 101 Å². The summed E-state index contributed by atoms with van der Waals surface area (Å²) >= 11 is 0. The van der Waals surface area contributed by atoms with Crippen molar-refractivity contribution in [2.45, 2.75) is 156 Å². The van der Waals surface area contributed by atoms with E-state index in [0.717, 1.165) is 29.7 Å². The first kappa shape index (κ1) is 45.9. The van der Waals surface area contributed by atoms with Crippen LogP contribution < -0.4 is 10.1 Å². The molecule has 0 aliphatic rings. The maximum atomic E-state index is 13.7. The molecule has 0 saturated carbocycles. The molecule has 0 saturated heterocycles. The maximum Gasteiger partial charge on any atom is 0.475 e. The van der Waals surface area contributed by atoms with Gasteiger partial charge in [-0.15, -0.1) is 0 Å². The van der Waals surface area contributed by atoms with Crippen LogP contribution >= 0.6 is 7.82 Å². The quantitative estimate of drug-likeness (QED) is 0.0591. The number of hydrogen-bond acceptors (Lipinski definition) is 10. The van der Waals surface area contributed by atoms with Crippen molar-refractivity contribution in [2.75, 3.05) is 13.2 Å². The molecule has 2 rings (SSSR count). The second-order valence-corrected chi connectivity index (χ2v) is 16.9. The summed E-state index contributed by atoms with van der Waals surface area (Å²) in [6.07, 6.45) is 11.2. The number of carbonyl (C=O) groups is 3. The lowest BCUT2D eigenvalue weighted by molar-refractivity contribution is -0.144. The highest BCUT2D eigenvalue weighted by atomic mass is 31.2. The molecule has 0 aromatic heterocycles. The molecule has 1 unspecified atom stereocenters. The Kier molecular flexibility index (Phi) is 20.4. The zero-order valence-corrected chi connectivity index (χ0v) is 34.2. The van der Waals surface area contributed by atoms with Crippen LogP contribution in [-0.2, 0) is 56.8 Å². The van der Waals surface area contributed by atoms with E-state index in [-0.39, 0.29) is 25.6 Å². The van der Waals surface area contributed by atoms with Crippen LogP contribution in [0.4, 0.5) is 4.79 Å². The summed E-state index contributed by atoms with van der Waals surface area (Å²) in [5, 5.41) is 2.44. The molecule has 2 aromatic rings. The van der Waals surface area contributed by atoms with Crippen LogP contribution in [-0.4, -0.2) is 48.3 Å². The number of amides is 1. The SMILES string of the molecule is CCCCCCCCCCCOc1ccccc1CCC(=O)OCc1cccc(COP(=O)(OC[C@H](NC(=O)OC(C)(C)C)C(C)=O)OC(C)(C)C)c1. The van der Waals surface area contributed by atoms with E-state index < -0.39 is 43.6 Å². The predicted octanol–water partition coefficient (Wildman–Crippen LogP) is 10.2. The molecule has 0 bridgehead atoms. The number of aryl methyl sites for hydroxylation is 1. The number of hydrogen-bond donors (Lipinski definition) is 1. The number of benzene rings is 2. The van der Waals surface area contributed by atoms with Gasteiger partial charge in [0, 0.05) is 6.42 Å². The van der Waals surface area contributed by atoms with E-state index in [9.17, 15) is 18.9 Å². The largest absolute Gasteiger partial charge is 0.493 e. The van der Waals surface area contributed by atoms with Gasteiger partial charge in [-0.3, -0.25) is 23.2 Å². The normalized spacial score (nSPS) is 13.5. The third kappa shape index (κ3) is 21.3. The summed E-state index contributed by atoms with van der Waals surface area (Å²) in [5.41, 5.74) is 0.622. The van der Waals surface area contributed by atoms with Gasteiger partial charge in [0.2, 0.25) is 0 Å². The number of nitrogens with one attached hydrogen (secondary N) is 1. The Hall–Kier alpha value is -3.24. The van der Waals surface area contributed by atoms with Gasteiger partial charge in [-0.25, -0.2) is 9.36 Å². The standard InChI is InChI=1S/C41H64NO10P/c1-9-10-11-12-13-14-15-16-19-27-47-37-24-18-17-23-35(37)25-26-38(44)48-29-33-21-20-22-34(28-33)30-49-53(46,52-41(6,7)8)50-31-36(32(2)43)42-39(45)51-40(3,4)5/h17-18,20-24,28,36H,9-16,19,25-27,29-31H2,1-8H3,(H,42,45)/t36-,53?/m0/s1. The van der Waals surface area contributed by atoms with E-state index in [0.29, 0.717) is 18.6 Å². The van der Waals surface area contributed by atoms with E-state index in [1.54, 1.807) is 59.7 Å². The van der Waals surface area contributed by atoms with Crippen LogP contribution in [0.3, 0.4) is 0 Å². The van der Waals surface area contributed by atoms with E-state index in [1.807, 2.05) is 30.3 Å². The zero-order chi connectivity index (χ0) is 39.3. The number of phosphoric acid groups is 1. The van der Waals surface area contributed by atoms with Crippen molar-refractivity contribution in [2.24, 2.45) is 0 Å². The zero-order valence-electron chi connectivity index (χ0n) is 33.3. The minimum atomic E-state index is -4.23. The van der Waals surface area contributed by atoms with Crippen molar-refractivity contribution < 1.29 is 46.7 Å². The number of carbonyl (C=O) groups excluding carboxylic acids is 3. The monoisotopic (exact) mass is 761 g/mol. The number of ether oxygens (including phenoxy) is 3. The van der Waals surface area contributed by atoms with E-state index in [2.05, 4.69) is 12.2 Å². The van der Waals surface area contributed by atoms with Crippen molar-refractivity contribution >= 4 is 25.7 Å². The Morgan fingerprint density at radius 3 is 2.02 bits per heavy atom. The fourth-order valence-corrected chi connectivity index (χ4v) is 6.67. The van der Waals surface area contributed by atoms with E-state index in [1.165, 1.54) is 51.9 Å². The average Bonchev–Trinajstić information content (AvgIpc) is 3.07. The van der Waals surface area contributed by atoms with Crippen molar-refractivity contribution in [1.29, 1.82) is 0 Å². The lowest BCUT2D eigenvalue weighted by atomic mass is 10.1. The number of ketones is 1. The van der Waals surface area contributed by atoms with Crippen LogP contribution in [0, 0.1) is 0 Å². The number of rotatable bonds is 25. The topological polar surface area (TPSA) is 136 Å². The third-order valence-corrected chi connectivity index (χ3v) is 9.51. The first-order valence-corrected chi connectivity index (χ1v) is 20.5. The van der Waals surface area contributed by atoms with Crippen molar-refractivity contribution in [3.05, 3.63) is 65.2 Å². The van der Waals surface area contributed by atoms with Gasteiger partial charge in [0.05, 0.1) is 25.4 Å². The lowest BCUT2D eigenvalue weighted by Gasteiger charge is -2.28. The van der Waals surface area contributed by atoms with Crippen LogP contribution in [0.25, 0.3) is 0 Å². The number of para-hydroxylation sites is 1. The molecule has 2 atom stereocenters. The molecular weight excluding hydrogens is 697 g/mol. The Bertz CT molecular complexity index is 1450. The average molecular weight is 762 g/mol. The Balaban J connectivity index is 1.87. The lowest BCUT2D eigenvalue weighted by Crippen LogP contribution is -2.45. The van der Waals surface area contributed by atoms with Crippen LogP contribution in [0.5, 0.6) is 5.75 Å². The van der Waals surface area contributed by atoms with Crippen LogP contribution in [0.2, 0.25) is 0 Å². The van der Waals surface area contributed by atoms with Crippen LogP contribution in [0.15, 0.2) is 48.5 Å². The Morgan fingerprint density at radius 1 is 0.774 bits per heavy atom. The summed E-state index contributed by atoms with van der Waals surface area (Å²) in [4.78, 5) is 37.2. The molecule has 0 fully saturated rings. The van der Waals surface area contributed by atoms with Gasteiger partial charge in [-0.2, -0.15) is 0 Å². The Labute approximate surface area is 317 Å². The minimum Gasteiger partial charge on any atom is -0.493 e. The summed E-state index contributed by atoms with van der Waals surface area (Å²) in [7, 11) is -4.23. The number of phosphoric ester groups is 1. The Morgan fingerprint density at radius 2 is 1.40 bits per heavy atom. The molecule has 298 valence electrons. The highest BCUT2D eigenvalue weighted by Crippen LogP contribution is 2.53. The number of Topliss-reactive ketones (excluding diaryl/α,β-unsaturated/α-hetero) is 1. The molecule has 0 aliphatic carbocycles. The molecule has 12 heteroatoms.